The molecule has 3 aliphatic rings. The summed E-state index contributed by atoms with van der Waals surface area (Å²) in [6.07, 6.45) is 6.43. The van der Waals surface area contributed by atoms with Crippen LogP contribution in [0.3, 0.4) is 0 Å². The molecule has 0 aromatic heterocycles. The van der Waals surface area contributed by atoms with Gasteiger partial charge in [-0.15, -0.1) is 12.4 Å². The van der Waals surface area contributed by atoms with Crippen molar-refractivity contribution in [3.8, 4) is 0 Å². The molecular formula is C20H30ClN3O3S. The third-order valence-corrected chi connectivity index (χ3v) is 7.81. The first-order chi connectivity index (χ1) is 13.0. The van der Waals surface area contributed by atoms with Crippen LogP contribution in [0.25, 0.3) is 0 Å². The number of nitrogens with zero attached hydrogens (tertiary/aromatic N) is 1. The maximum absolute atomic E-state index is 12.5. The summed E-state index contributed by atoms with van der Waals surface area (Å²) < 4.78 is 27.1. The lowest BCUT2D eigenvalue weighted by Crippen LogP contribution is -2.44. The van der Waals surface area contributed by atoms with E-state index in [9.17, 15) is 13.2 Å². The van der Waals surface area contributed by atoms with Crippen molar-refractivity contribution in [2.75, 3.05) is 26.2 Å². The van der Waals surface area contributed by atoms with Crippen molar-refractivity contribution in [3.05, 3.63) is 29.8 Å². The van der Waals surface area contributed by atoms with Gasteiger partial charge in [-0.25, -0.2) is 13.1 Å². The van der Waals surface area contributed by atoms with E-state index in [1.807, 2.05) is 17.0 Å². The lowest BCUT2D eigenvalue weighted by Gasteiger charge is -2.39. The number of carbonyl (C=O) groups is 1. The van der Waals surface area contributed by atoms with E-state index in [2.05, 4.69) is 10.0 Å². The van der Waals surface area contributed by atoms with Crippen LogP contribution in [0, 0.1) is 5.41 Å². The predicted octanol–water partition coefficient (Wildman–Crippen LogP) is 2.08. The summed E-state index contributed by atoms with van der Waals surface area (Å²) in [5.41, 5.74) is 1.43. The molecule has 8 heteroatoms. The molecule has 2 aliphatic heterocycles. The topological polar surface area (TPSA) is 78.5 Å². The molecule has 1 saturated carbocycles. The van der Waals surface area contributed by atoms with Crippen LogP contribution in [0.2, 0.25) is 0 Å². The number of carbonyl (C=O) groups excluding carboxylic acids is 1. The highest BCUT2D eigenvalue weighted by atomic mass is 35.5. The summed E-state index contributed by atoms with van der Waals surface area (Å²) in [7, 11) is -3.40. The number of amides is 1. The van der Waals surface area contributed by atoms with E-state index in [1.54, 1.807) is 12.1 Å². The zero-order chi connectivity index (χ0) is 18.9. The molecule has 1 spiro atoms. The Labute approximate surface area is 173 Å². The molecule has 2 heterocycles. The first-order valence-corrected chi connectivity index (χ1v) is 11.5. The number of hydrogen-bond acceptors (Lipinski definition) is 4. The lowest BCUT2D eigenvalue weighted by molar-refractivity contribution is -0.133. The third-order valence-electron chi connectivity index (χ3n) is 6.27. The number of halogens is 1. The highest BCUT2D eigenvalue weighted by Gasteiger charge is 2.37. The molecule has 2 saturated heterocycles. The molecule has 4 rings (SSSR count). The largest absolute Gasteiger partial charge is 0.343 e. The van der Waals surface area contributed by atoms with Crippen molar-refractivity contribution in [2.45, 2.75) is 55.9 Å². The van der Waals surface area contributed by atoms with Crippen LogP contribution in [-0.2, 0) is 21.2 Å². The minimum atomic E-state index is -3.40. The van der Waals surface area contributed by atoms with E-state index in [1.165, 1.54) is 6.42 Å². The fourth-order valence-corrected chi connectivity index (χ4v) is 5.49. The maximum Gasteiger partial charge on any atom is 0.240 e. The van der Waals surface area contributed by atoms with Crippen molar-refractivity contribution in [3.63, 3.8) is 0 Å². The van der Waals surface area contributed by atoms with E-state index in [-0.39, 0.29) is 24.4 Å². The zero-order valence-electron chi connectivity index (χ0n) is 16.2. The molecule has 0 unspecified atom stereocenters. The van der Waals surface area contributed by atoms with Gasteiger partial charge in [-0.1, -0.05) is 12.1 Å². The molecule has 3 fully saturated rings. The van der Waals surface area contributed by atoms with Crippen LogP contribution in [-0.4, -0.2) is 51.4 Å². The Bertz CT molecular complexity index is 777. The predicted molar refractivity (Wildman–Crippen MR) is 111 cm³/mol. The van der Waals surface area contributed by atoms with Crippen molar-refractivity contribution < 1.29 is 13.2 Å². The van der Waals surface area contributed by atoms with Crippen LogP contribution < -0.4 is 10.0 Å². The van der Waals surface area contributed by atoms with Gasteiger partial charge in [0.25, 0.3) is 0 Å². The second-order valence-corrected chi connectivity index (χ2v) is 10.1. The Morgan fingerprint density at radius 2 is 1.82 bits per heavy atom. The summed E-state index contributed by atoms with van der Waals surface area (Å²) in [5.74, 6) is 0.211. The monoisotopic (exact) mass is 427 g/mol. The second-order valence-electron chi connectivity index (χ2n) is 8.35. The number of rotatable bonds is 6. The van der Waals surface area contributed by atoms with Crippen LogP contribution >= 0.6 is 12.4 Å². The molecule has 0 radical (unpaired) electrons. The molecule has 156 valence electrons. The summed E-state index contributed by atoms with van der Waals surface area (Å²) in [5, 5.41) is 3.45. The Balaban J connectivity index is 0.00000225. The molecular weight excluding hydrogens is 398 g/mol. The van der Waals surface area contributed by atoms with Gasteiger partial charge in [0.05, 0.1) is 4.90 Å². The average molecular weight is 428 g/mol. The Hall–Kier alpha value is -1.15. The van der Waals surface area contributed by atoms with Gasteiger partial charge in [0.15, 0.2) is 0 Å². The molecule has 1 aromatic rings. The van der Waals surface area contributed by atoms with Gasteiger partial charge in [-0.3, -0.25) is 4.79 Å². The minimum absolute atomic E-state index is 0. The van der Waals surface area contributed by atoms with Crippen molar-refractivity contribution in [2.24, 2.45) is 5.41 Å². The molecule has 28 heavy (non-hydrogen) atoms. The third kappa shape index (κ3) is 5.06. The molecule has 0 atom stereocenters. The number of benzene rings is 1. The first kappa shape index (κ1) is 21.6. The van der Waals surface area contributed by atoms with Crippen LogP contribution in [0.15, 0.2) is 29.2 Å². The number of likely N-dealkylation sites (tertiary alicyclic amines) is 1. The van der Waals surface area contributed by atoms with Crippen LogP contribution in [0.1, 0.15) is 44.1 Å². The SMILES string of the molecule is Cl.O=C(CCc1ccc(S(=O)(=O)NC2CC2)cc1)N1CCC2(CCNC2)CC1. The standard InChI is InChI=1S/C20H29N3O3S.ClH/c24-19(23-13-10-20(11-14-23)9-12-21-15-20)8-3-16-1-6-18(7-2-16)27(25,26)22-17-4-5-17;/h1-2,6-7,17,21-22H,3-5,8-15H2;1H. The number of sulfonamides is 1. The van der Waals surface area contributed by atoms with Gasteiger partial charge in [-0.05, 0) is 68.2 Å². The smallest absolute Gasteiger partial charge is 0.240 e. The molecule has 1 amide bonds. The summed E-state index contributed by atoms with van der Waals surface area (Å²) >= 11 is 0. The van der Waals surface area contributed by atoms with E-state index in [0.29, 0.717) is 23.2 Å². The van der Waals surface area contributed by atoms with Crippen molar-refractivity contribution >= 4 is 28.3 Å². The molecule has 1 aromatic carbocycles. The highest BCUT2D eigenvalue weighted by Crippen LogP contribution is 2.37. The number of nitrogens with one attached hydrogen (secondary N) is 2. The fraction of sp³-hybridized carbons (Fsp3) is 0.650. The second kappa shape index (κ2) is 8.69. The van der Waals surface area contributed by atoms with E-state index in [0.717, 1.165) is 57.4 Å². The Morgan fingerprint density at radius 1 is 1.14 bits per heavy atom. The normalized spacial score (nSPS) is 21.5. The van der Waals surface area contributed by atoms with Gasteiger partial charge in [0.1, 0.15) is 0 Å². The lowest BCUT2D eigenvalue weighted by atomic mass is 9.78. The van der Waals surface area contributed by atoms with E-state index in [4.69, 9.17) is 0 Å². The van der Waals surface area contributed by atoms with Gasteiger partial charge in [-0.2, -0.15) is 0 Å². The maximum atomic E-state index is 12.5. The first-order valence-electron chi connectivity index (χ1n) is 10.1. The number of hydrogen-bond donors (Lipinski definition) is 2. The zero-order valence-corrected chi connectivity index (χ0v) is 17.8. The summed E-state index contributed by atoms with van der Waals surface area (Å²) in [6.45, 7) is 3.94. The summed E-state index contributed by atoms with van der Waals surface area (Å²) in [6, 6.07) is 7.04. The average Bonchev–Trinajstić information content (AvgIpc) is 3.36. The molecule has 6 nitrogen and oxygen atoms in total. The Morgan fingerprint density at radius 3 is 2.39 bits per heavy atom. The molecule has 0 bridgehead atoms. The summed E-state index contributed by atoms with van der Waals surface area (Å²) in [4.78, 5) is 14.8. The molecule has 2 N–H and O–H groups in total. The van der Waals surface area contributed by atoms with Crippen LogP contribution in [0.4, 0.5) is 0 Å². The van der Waals surface area contributed by atoms with E-state index < -0.39 is 10.0 Å². The van der Waals surface area contributed by atoms with Crippen molar-refractivity contribution in [1.82, 2.24) is 14.9 Å². The number of piperidine rings is 1. The number of aryl methyl sites for hydroxylation is 1. The Kier molecular flexibility index (Phi) is 6.69. The fourth-order valence-electron chi connectivity index (χ4n) is 4.19. The van der Waals surface area contributed by atoms with E-state index >= 15 is 0 Å². The van der Waals surface area contributed by atoms with Crippen molar-refractivity contribution in [1.29, 1.82) is 0 Å². The minimum Gasteiger partial charge on any atom is -0.343 e. The molecule has 1 aliphatic carbocycles. The quantitative estimate of drug-likeness (QED) is 0.728. The van der Waals surface area contributed by atoms with Gasteiger partial charge in [0.2, 0.25) is 15.9 Å². The van der Waals surface area contributed by atoms with Gasteiger partial charge in [0, 0.05) is 32.1 Å². The van der Waals surface area contributed by atoms with Crippen LogP contribution in [0.5, 0.6) is 0 Å². The van der Waals surface area contributed by atoms with Gasteiger partial charge >= 0.3 is 0 Å². The highest BCUT2D eigenvalue weighted by molar-refractivity contribution is 7.89. The van der Waals surface area contributed by atoms with Gasteiger partial charge < -0.3 is 10.2 Å².